The van der Waals surface area contributed by atoms with Crippen LogP contribution in [0.25, 0.3) is 5.57 Å². The lowest BCUT2D eigenvalue weighted by molar-refractivity contribution is 1.44. The first-order chi connectivity index (χ1) is 8.60. The van der Waals surface area contributed by atoms with Gasteiger partial charge in [-0.2, -0.15) is 5.26 Å². The molecule has 1 heteroatoms. The average Bonchev–Trinajstić information content (AvgIpc) is 2.38. The highest BCUT2D eigenvalue weighted by molar-refractivity contribution is 5.70. The quantitative estimate of drug-likeness (QED) is 0.697. The minimum absolute atomic E-state index is 0.690. The smallest absolute Gasteiger partial charge is 0.0998 e. The summed E-state index contributed by atoms with van der Waals surface area (Å²) in [5.41, 5.74) is 4.68. The number of nitriles is 1. The molecule has 0 atom stereocenters. The molecule has 0 radical (unpaired) electrons. The molecule has 0 N–H and O–H groups in total. The molecule has 0 saturated heterocycles. The third-order valence-electron chi connectivity index (χ3n) is 2.70. The van der Waals surface area contributed by atoms with Crippen LogP contribution < -0.4 is 0 Å². The van der Waals surface area contributed by atoms with Gasteiger partial charge in [-0.05, 0) is 36.6 Å². The fourth-order valence-corrected chi connectivity index (χ4v) is 1.61. The molecule has 1 aromatic carbocycles. The SMILES string of the molecule is C=C/C(=C\C=C(/C)c1ccccc1C#N)C(=C)C. The fraction of sp³-hybridized carbons (Fsp3) is 0.118. The second kappa shape index (κ2) is 6.42. The minimum atomic E-state index is 0.690. The van der Waals surface area contributed by atoms with Gasteiger partial charge in [0.2, 0.25) is 0 Å². The van der Waals surface area contributed by atoms with Crippen molar-refractivity contribution >= 4 is 5.57 Å². The molecule has 0 amide bonds. The van der Waals surface area contributed by atoms with Crippen LogP contribution in [-0.4, -0.2) is 0 Å². The second-order valence-corrected chi connectivity index (χ2v) is 4.11. The predicted octanol–water partition coefficient (Wildman–Crippen LogP) is 4.65. The Bertz CT molecular complexity index is 566. The van der Waals surface area contributed by atoms with E-state index < -0.39 is 0 Å². The molecule has 0 aliphatic carbocycles. The van der Waals surface area contributed by atoms with Crippen LogP contribution in [0.5, 0.6) is 0 Å². The number of allylic oxidation sites excluding steroid dienone is 6. The van der Waals surface area contributed by atoms with E-state index in [1.54, 1.807) is 6.08 Å². The van der Waals surface area contributed by atoms with Crippen LogP contribution in [0.2, 0.25) is 0 Å². The number of benzene rings is 1. The third-order valence-corrected chi connectivity index (χ3v) is 2.70. The molecule has 1 rings (SSSR count). The summed E-state index contributed by atoms with van der Waals surface area (Å²) in [6.45, 7) is 11.6. The summed E-state index contributed by atoms with van der Waals surface area (Å²) in [5, 5.41) is 9.06. The average molecular weight is 235 g/mol. The van der Waals surface area contributed by atoms with Crippen LogP contribution >= 0.6 is 0 Å². The largest absolute Gasteiger partial charge is 0.192 e. The molecule has 1 nitrogen and oxygen atoms in total. The van der Waals surface area contributed by atoms with Crippen molar-refractivity contribution in [2.24, 2.45) is 0 Å². The maximum atomic E-state index is 9.06. The van der Waals surface area contributed by atoms with Gasteiger partial charge in [0.25, 0.3) is 0 Å². The molecule has 0 spiro atoms. The van der Waals surface area contributed by atoms with Gasteiger partial charge in [-0.3, -0.25) is 0 Å². The Balaban J connectivity index is 3.15. The lowest BCUT2D eigenvalue weighted by atomic mass is 10.0. The van der Waals surface area contributed by atoms with Crippen molar-refractivity contribution in [2.75, 3.05) is 0 Å². The van der Waals surface area contributed by atoms with Crippen molar-refractivity contribution in [3.63, 3.8) is 0 Å². The van der Waals surface area contributed by atoms with Crippen LogP contribution in [0.3, 0.4) is 0 Å². The Labute approximate surface area is 109 Å². The molecule has 0 aliphatic heterocycles. The Morgan fingerprint density at radius 2 is 1.89 bits per heavy atom. The van der Waals surface area contributed by atoms with Gasteiger partial charge in [-0.15, -0.1) is 0 Å². The Morgan fingerprint density at radius 1 is 1.22 bits per heavy atom. The highest BCUT2D eigenvalue weighted by Crippen LogP contribution is 2.19. The van der Waals surface area contributed by atoms with E-state index in [4.69, 9.17) is 5.26 Å². The zero-order chi connectivity index (χ0) is 13.5. The zero-order valence-corrected chi connectivity index (χ0v) is 10.9. The highest BCUT2D eigenvalue weighted by atomic mass is 14.2. The lowest BCUT2D eigenvalue weighted by Crippen LogP contribution is -1.86. The van der Waals surface area contributed by atoms with E-state index in [0.717, 1.165) is 22.3 Å². The first-order valence-electron chi connectivity index (χ1n) is 5.76. The molecule has 90 valence electrons. The van der Waals surface area contributed by atoms with E-state index in [-0.39, 0.29) is 0 Å². The number of hydrogen-bond acceptors (Lipinski definition) is 1. The molecule has 0 bridgehead atoms. The number of nitrogens with zero attached hydrogens (tertiary/aromatic N) is 1. The molecule has 0 fully saturated rings. The van der Waals surface area contributed by atoms with Crippen molar-refractivity contribution in [3.8, 4) is 6.07 Å². The standard InChI is InChI=1S/C17H17N/c1-5-15(13(2)3)11-10-14(4)17-9-7-6-8-16(17)12-18/h5-11H,1-2H2,3-4H3/b14-10+,15-11+. The van der Waals surface area contributed by atoms with E-state index in [9.17, 15) is 0 Å². The monoisotopic (exact) mass is 235 g/mol. The molecule has 0 saturated carbocycles. The molecular weight excluding hydrogens is 218 g/mol. The molecule has 0 aliphatic rings. The third kappa shape index (κ3) is 3.33. The zero-order valence-electron chi connectivity index (χ0n) is 10.9. The second-order valence-electron chi connectivity index (χ2n) is 4.11. The van der Waals surface area contributed by atoms with Crippen LogP contribution in [0, 0.1) is 11.3 Å². The lowest BCUT2D eigenvalue weighted by Gasteiger charge is -2.03. The normalized spacial score (nSPS) is 11.8. The van der Waals surface area contributed by atoms with Crippen molar-refractivity contribution < 1.29 is 0 Å². The fourth-order valence-electron chi connectivity index (χ4n) is 1.61. The van der Waals surface area contributed by atoms with Crippen LogP contribution in [0.1, 0.15) is 25.0 Å². The summed E-state index contributed by atoms with van der Waals surface area (Å²) in [7, 11) is 0. The summed E-state index contributed by atoms with van der Waals surface area (Å²) in [5.74, 6) is 0. The summed E-state index contributed by atoms with van der Waals surface area (Å²) in [6.07, 6.45) is 5.74. The van der Waals surface area contributed by atoms with Gasteiger partial charge in [0.1, 0.15) is 0 Å². The van der Waals surface area contributed by atoms with E-state index in [0.29, 0.717) is 5.56 Å². The van der Waals surface area contributed by atoms with Crippen LogP contribution in [-0.2, 0) is 0 Å². The first kappa shape index (κ1) is 13.7. The summed E-state index contributed by atoms with van der Waals surface area (Å²) in [6, 6.07) is 9.78. The van der Waals surface area contributed by atoms with Gasteiger partial charge in [0.15, 0.2) is 0 Å². The molecule has 0 aromatic heterocycles. The van der Waals surface area contributed by atoms with E-state index in [1.807, 2.05) is 50.3 Å². The van der Waals surface area contributed by atoms with Crippen molar-refractivity contribution in [1.82, 2.24) is 0 Å². The van der Waals surface area contributed by atoms with Gasteiger partial charge in [-0.1, -0.05) is 55.2 Å². The van der Waals surface area contributed by atoms with E-state index in [1.165, 1.54) is 0 Å². The summed E-state index contributed by atoms with van der Waals surface area (Å²) in [4.78, 5) is 0. The van der Waals surface area contributed by atoms with Crippen molar-refractivity contribution in [2.45, 2.75) is 13.8 Å². The molecule has 0 heterocycles. The van der Waals surface area contributed by atoms with Gasteiger partial charge in [0, 0.05) is 0 Å². The van der Waals surface area contributed by atoms with Crippen molar-refractivity contribution in [1.29, 1.82) is 5.26 Å². The number of rotatable bonds is 4. The molecular formula is C17H17N. The van der Waals surface area contributed by atoms with Gasteiger partial charge in [-0.25, -0.2) is 0 Å². The Morgan fingerprint density at radius 3 is 2.44 bits per heavy atom. The van der Waals surface area contributed by atoms with Crippen LogP contribution in [0.4, 0.5) is 0 Å². The summed E-state index contributed by atoms with van der Waals surface area (Å²) < 4.78 is 0. The van der Waals surface area contributed by atoms with Crippen LogP contribution in [0.15, 0.2) is 66.8 Å². The van der Waals surface area contributed by atoms with E-state index in [2.05, 4.69) is 19.2 Å². The maximum absolute atomic E-state index is 9.06. The highest BCUT2D eigenvalue weighted by Gasteiger charge is 2.01. The molecule has 0 unspecified atom stereocenters. The molecule has 1 aromatic rings. The topological polar surface area (TPSA) is 23.8 Å². The Kier molecular flexibility index (Phi) is 4.90. The minimum Gasteiger partial charge on any atom is -0.192 e. The van der Waals surface area contributed by atoms with Crippen molar-refractivity contribution in [3.05, 3.63) is 77.9 Å². The van der Waals surface area contributed by atoms with Gasteiger partial charge >= 0.3 is 0 Å². The van der Waals surface area contributed by atoms with E-state index >= 15 is 0 Å². The number of hydrogen-bond donors (Lipinski definition) is 0. The predicted molar refractivity (Wildman–Crippen MR) is 77.9 cm³/mol. The summed E-state index contributed by atoms with van der Waals surface area (Å²) >= 11 is 0. The maximum Gasteiger partial charge on any atom is 0.0998 e. The van der Waals surface area contributed by atoms with Gasteiger partial charge < -0.3 is 0 Å². The Hall–Kier alpha value is -2.33. The first-order valence-corrected chi connectivity index (χ1v) is 5.76. The molecule has 18 heavy (non-hydrogen) atoms. The van der Waals surface area contributed by atoms with Gasteiger partial charge in [0.05, 0.1) is 11.6 Å².